The molecule has 158 valence electrons. The third kappa shape index (κ3) is 5.93. The maximum absolute atomic E-state index is 12.5. The quantitative estimate of drug-likeness (QED) is 0.493. The third-order valence-corrected chi connectivity index (χ3v) is 6.92. The molecule has 1 unspecified atom stereocenters. The van der Waals surface area contributed by atoms with Crippen LogP contribution in [0.2, 0.25) is 0 Å². The average Bonchev–Trinajstić information content (AvgIpc) is 3.35. The van der Waals surface area contributed by atoms with E-state index >= 15 is 0 Å². The third-order valence-electron chi connectivity index (χ3n) is 4.52. The summed E-state index contributed by atoms with van der Waals surface area (Å²) in [6, 6.07) is 13.5. The Morgan fingerprint density at radius 1 is 1.17 bits per heavy atom. The zero-order chi connectivity index (χ0) is 21.5. The van der Waals surface area contributed by atoms with Crippen molar-refractivity contribution in [2.45, 2.75) is 43.6 Å². The number of aromatic nitrogens is 3. The minimum absolute atomic E-state index is 0.0191. The van der Waals surface area contributed by atoms with Crippen molar-refractivity contribution in [2.75, 3.05) is 0 Å². The van der Waals surface area contributed by atoms with E-state index in [0.717, 1.165) is 12.2 Å². The van der Waals surface area contributed by atoms with Gasteiger partial charge in [0.15, 0.2) is 5.16 Å². The molecule has 3 N–H and O–H groups in total. The minimum Gasteiger partial charge on any atom is -0.351 e. The smallest absolute Gasteiger partial charge is 0.318 e. The molecule has 0 saturated heterocycles. The van der Waals surface area contributed by atoms with Crippen LogP contribution in [0.25, 0.3) is 0 Å². The summed E-state index contributed by atoms with van der Waals surface area (Å²) in [7, 11) is 0. The van der Waals surface area contributed by atoms with Crippen molar-refractivity contribution in [3.8, 4) is 0 Å². The number of carbonyl (C=O) groups excluding carboxylic acids is 2. The number of thiophene rings is 1. The molecule has 9 heteroatoms. The zero-order valence-corrected chi connectivity index (χ0v) is 18.6. The summed E-state index contributed by atoms with van der Waals surface area (Å²) in [5, 5.41) is 13.2. The minimum atomic E-state index is -0.852. The monoisotopic (exact) mass is 443 g/mol. The molecule has 7 nitrogen and oxygen atoms in total. The number of nitrogens with two attached hydrogens (primary N) is 1. The van der Waals surface area contributed by atoms with Gasteiger partial charge >= 0.3 is 6.03 Å². The first-order valence-electron chi connectivity index (χ1n) is 9.69. The molecule has 0 aliphatic heterocycles. The van der Waals surface area contributed by atoms with Crippen LogP contribution in [0.5, 0.6) is 0 Å². The molecule has 2 heterocycles. The van der Waals surface area contributed by atoms with Gasteiger partial charge in [0, 0.05) is 17.8 Å². The van der Waals surface area contributed by atoms with Crippen molar-refractivity contribution in [3.05, 3.63) is 64.1 Å². The van der Waals surface area contributed by atoms with Crippen LogP contribution in [-0.2, 0) is 24.2 Å². The predicted octanol–water partition coefficient (Wildman–Crippen LogP) is 3.48. The molecule has 2 aromatic heterocycles. The Morgan fingerprint density at radius 3 is 2.57 bits per heavy atom. The van der Waals surface area contributed by atoms with E-state index in [4.69, 9.17) is 5.73 Å². The highest BCUT2D eigenvalue weighted by molar-refractivity contribution is 8.00. The number of thioether (sulfide) groups is 1. The van der Waals surface area contributed by atoms with Crippen LogP contribution in [0.3, 0.4) is 0 Å². The second kappa shape index (κ2) is 10.4. The van der Waals surface area contributed by atoms with Crippen LogP contribution in [0.1, 0.15) is 30.1 Å². The fourth-order valence-corrected chi connectivity index (χ4v) is 4.79. The number of nitrogens with zero attached hydrogens (tertiary/aromatic N) is 3. The number of nitrogens with one attached hydrogen (secondary N) is 1. The molecule has 0 aliphatic rings. The summed E-state index contributed by atoms with van der Waals surface area (Å²) in [5.41, 5.74) is 6.35. The summed E-state index contributed by atoms with van der Waals surface area (Å²) in [5.74, 6) is 0.419. The van der Waals surface area contributed by atoms with E-state index in [0.29, 0.717) is 18.1 Å². The van der Waals surface area contributed by atoms with Gasteiger partial charge in [0.2, 0.25) is 5.91 Å². The lowest BCUT2D eigenvalue weighted by Gasteiger charge is -2.19. The highest BCUT2D eigenvalue weighted by Gasteiger charge is 2.27. The molecule has 1 atom stereocenters. The number of amides is 3. The van der Waals surface area contributed by atoms with Gasteiger partial charge in [-0.2, -0.15) is 0 Å². The maximum Gasteiger partial charge on any atom is 0.318 e. The number of rotatable bonds is 9. The molecule has 30 heavy (non-hydrogen) atoms. The number of hydrogen-bond donors (Lipinski definition) is 2. The van der Waals surface area contributed by atoms with E-state index < -0.39 is 17.2 Å². The van der Waals surface area contributed by atoms with E-state index in [9.17, 15) is 9.59 Å². The molecule has 1 aromatic carbocycles. The molecule has 3 aromatic rings. The molecule has 0 radical (unpaired) electrons. The fraction of sp³-hybridized carbons (Fsp3) is 0.333. The van der Waals surface area contributed by atoms with E-state index in [1.54, 1.807) is 11.3 Å². The Hall–Kier alpha value is -2.65. The first kappa shape index (κ1) is 22.0. The van der Waals surface area contributed by atoms with Gasteiger partial charge in [-0.15, -0.1) is 21.5 Å². The van der Waals surface area contributed by atoms with Crippen molar-refractivity contribution in [3.63, 3.8) is 0 Å². The Kier molecular flexibility index (Phi) is 7.64. The summed E-state index contributed by atoms with van der Waals surface area (Å²) in [4.78, 5) is 24.8. The molecular formula is C21H25N5O2S2. The molecule has 0 spiro atoms. The van der Waals surface area contributed by atoms with Crippen molar-refractivity contribution < 1.29 is 9.59 Å². The van der Waals surface area contributed by atoms with Gasteiger partial charge in [-0.1, -0.05) is 62.0 Å². The first-order valence-corrected chi connectivity index (χ1v) is 11.4. The average molecular weight is 444 g/mol. The zero-order valence-electron chi connectivity index (χ0n) is 16.9. The van der Waals surface area contributed by atoms with Crippen molar-refractivity contribution >= 4 is 35.0 Å². The van der Waals surface area contributed by atoms with Gasteiger partial charge in [0.1, 0.15) is 5.82 Å². The standard InChI is InChI=1S/C21H25N5O2S2/c1-14(2)18(19(27)23-20(22)28)30-21-25-24-17(13-16-9-6-12-29-16)26(21)11-10-15-7-4-3-5-8-15/h3-9,12,14,18H,10-11,13H2,1-2H3,(H3,22,23,27,28). The van der Waals surface area contributed by atoms with Crippen LogP contribution in [-0.4, -0.2) is 32.0 Å². The lowest BCUT2D eigenvalue weighted by Crippen LogP contribution is -2.42. The maximum atomic E-state index is 12.5. The number of hydrogen-bond acceptors (Lipinski definition) is 6. The largest absolute Gasteiger partial charge is 0.351 e. The highest BCUT2D eigenvalue weighted by Crippen LogP contribution is 2.29. The van der Waals surface area contributed by atoms with E-state index in [-0.39, 0.29) is 5.92 Å². The Labute approximate surface area is 184 Å². The van der Waals surface area contributed by atoms with Crippen LogP contribution >= 0.6 is 23.1 Å². The summed E-state index contributed by atoms with van der Waals surface area (Å²) >= 11 is 2.99. The summed E-state index contributed by atoms with van der Waals surface area (Å²) in [6.45, 7) is 4.55. The van der Waals surface area contributed by atoms with Crippen molar-refractivity contribution in [2.24, 2.45) is 11.7 Å². The van der Waals surface area contributed by atoms with Gasteiger partial charge in [-0.25, -0.2) is 4.79 Å². The van der Waals surface area contributed by atoms with Crippen molar-refractivity contribution in [1.82, 2.24) is 20.1 Å². The molecule has 0 aliphatic carbocycles. The van der Waals surface area contributed by atoms with Crippen LogP contribution in [0.4, 0.5) is 4.79 Å². The lowest BCUT2D eigenvalue weighted by molar-refractivity contribution is -0.120. The van der Waals surface area contributed by atoms with Gasteiger partial charge in [-0.3, -0.25) is 10.1 Å². The normalized spacial score (nSPS) is 12.1. The van der Waals surface area contributed by atoms with Gasteiger partial charge in [0.25, 0.3) is 0 Å². The number of imide groups is 1. The first-order chi connectivity index (χ1) is 14.4. The number of carbonyl (C=O) groups is 2. The second-order valence-electron chi connectivity index (χ2n) is 7.18. The Morgan fingerprint density at radius 2 is 1.93 bits per heavy atom. The molecule has 3 rings (SSSR count). The fourth-order valence-electron chi connectivity index (χ4n) is 3.01. The molecule has 3 amide bonds. The van der Waals surface area contributed by atoms with E-state index in [1.807, 2.05) is 43.5 Å². The second-order valence-corrected chi connectivity index (χ2v) is 9.32. The van der Waals surface area contributed by atoms with Crippen LogP contribution in [0, 0.1) is 5.92 Å². The number of benzene rings is 1. The van der Waals surface area contributed by atoms with E-state index in [2.05, 4.69) is 38.3 Å². The van der Waals surface area contributed by atoms with Crippen molar-refractivity contribution in [1.29, 1.82) is 0 Å². The van der Waals surface area contributed by atoms with Crippen LogP contribution < -0.4 is 11.1 Å². The number of urea groups is 1. The molecular weight excluding hydrogens is 418 g/mol. The highest BCUT2D eigenvalue weighted by atomic mass is 32.2. The lowest BCUT2D eigenvalue weighted by atomic mass is 10.1. The van der Waals surface area contributed by atoms with Gasteiger partial charge in [0.05, 0.1) is 5.25 Å². The number of primary amides is 1. The van der Waals surface area contributed by atoms with E-state index in [1.165, 1.54) is 22.2 Å². The molecule has 0 fully saturated rings. The predicted molar refractivity (Wildman–Crippen MR) is 120 cm³/mol. The Balaban J connectivity index is 1.85. The summed E-state index contributed by atoms with van der Waals surface area (Å²) in [6.07, 6.45) is 1.50. The summed E-state index contributed by atoms with van der Waals surface area (Å²) < 4.78 is 2.07. The Bertz CT molecular complexity index is 971. The topological polar surface area (TPSA) is 103 Å². The van der Waals surface area contributed by atoms with Gasteiger partial charge < -0.3 is 10.3 Å². The number of aryl methyl sites for hydroxylation is 1. The SMILES string of the molecule is CC(C)C(Sc1nnc(Cc2cccs2)n1CCc1ccccc1)C(=O)NC(N)=O. The van der Waals surface area contributed by atoms with Crippen LogP contribution in [0.15, 0.2) is 53.0 Å². The molecule has 0 saturated carbocycles. The molecule has 0 bridgehead atoms. The van der Waals surface area contributed by atoms with Gasteiger partial charge in [-0.05, 0) is 29.3 Å².